The van der Waals surface area contributed by atoms with Crippen LogP contribution in [0.2, 0.25) is 0 Å². The van der Waals surface area contributed by atoms with Crippen molar-refractivity contribution in [3.05, 3.63) is 63.1 Å². The normalized spacial score (nSPS) is 10.8. The predicted octanol–water partition coefficient (Wildman–Crippen LogP) is 3.49. The number of aromatic nitrogens is 2. The van der Waals surface area contributed by atoms with Crippen molar-refractivity contribution in [3.8, 4) is 11.4 Å². The first kappa shape index (κ1) is 12.0. The third kappa shape index (κ3) is 2.06. The molecule has 1 heterocycles. The van der Waals surface area contributed by atoms with Crippen molar-refractivity contribution in [3.63, 3.8) is 0 Å². The fraction of sp³-hybridized carbons (Fsp3) is 0. The Morgan fingerprint density at radius 3 is 2.74 bits per heavy atom. The van der Waals surface area contributed by atoms with Crippen molar-refractivity contribution < 1.29 is 4.39 Å². The summed E-state index contributed by atoms with van der Waals surface area (Å²) in [6.45, 7) is 0. The highest BCUT2D eigenvalue weighted by molar-refractivity contribution is 9.10. The molecule has 0 radical (unpaired) electrons. The second kappa shape index (κ2) is 4.59. The third-order valence-electron chi connectivity index (χ3n) is 2.82. The van der Waals surface area contributed by atoms with Crippen LogP contribution in [0.4, 0.5) is 4.39 Å². The molecule has 0 amide bonds. The van der Waals surface area contributed by atoms with E-state index in [0.717, 1.165) is 0 Å². The van der Waals surface area contributed by atoms with Gasteiger partial charge in [-0.3, -0.25) is 4.79 Å². The van der Waals surface area contributed by atoms with Crippen molar-refractivity contribution in [2.75, 3.05) is 0 Å². The lowest BCUT2D eigenvalue weighted by Gasteiger charge is -2.05. The summed E-state index contributed by atoms with van der Waals surface area (Å²) in [7, 11) is 0. The van der Waals surface area contributed by atoms with Crippen molar-refractivity contribution in [1.82, 2.24) is 9.97 Å². The first-order chi connectivity index (χ1) is 9.16. The molecule has 0 unspecified atom stereocenters. The Balaban J connectivity index is 2.32. The summed E-state index contributed by atoms with van der Waals surface area (Å²) >= 11 is 3.12. The number of benzene rings is 2. The first-order valence-corrected chi connectivity index (χ1v) is 6.39. The zero-order valence-corrected chi connectivity index (χ0v) is 11.2. The number of rotatable bonds is 1. The van der Waals surface area contributed by atoms with E-state index in [1.54, 1.807) is 42.5 Å². The average Bonchev–Trinajstić information content (AvgIpc) is 2.42. The van der Waals surface area contributed by atoms with E-state index in [4.69, 9.17) is 0 Å². The van der Waals surface area contributed by atoms with Gasteiger partial charge in [0.05, 0.1) is 20.9 Å². The molecular formula is C14H8BrFN2O. The van der Waals surface area contributed by atoms with Gasteiger partial charge in [0.15, 0.2) is 0 Å². The number of nitrogens with zero attached hydrogens (tertiary/aromatic N) is 1. The second-order valence-corrected chi connectivity index (χ2v) is 4.89. The highest BCUT2D eigenvalue weighted by Crippen LogP contribution is 2.25. The molecule has 3 aromatic rings. The van der Waals surface area contributed by atoms with Gasteiger partial charge in [-0.1, -0.05) is 18.2 Å². The molecular weight excluding hydrogens is 311 g/mol. The molecule has 5 heteroatoms. The Labute approximate surface area is 116 Å². The minimum atomic E-state index is -0.444. The zero-order chi connectivity index (χ0) is 13.4. The van der Waals surface area contributed by atoms with Crippen molar-refractivity contribution in [2.45, 2.75) is 0 Å². The number of fused-ring (bicyclic) bond motifs is 1. The van der Waals surface area contributed by atoms with E-state index in [9.17, 15) is 9.18 Å². The maximum Gasteiger partial charge on any atom is 0.259 e. The van der Waals surface area contributed by atoms with Gasteiger partial charge in [0.2, 0.25) is 0 Å². The molecule has 0 fully saturated rings. The van der Waals surface area contributed by atoms with Crippen LogP contribution in [0, 0.1) is 5.82 Å². The van der Waals surface area contributed by atoms with Crippen LogP contribution in [0.1, 0.15) is 0 Å². The summed E-state index contributed by atoms with van der Waals surface area (Å²) in [4.78, 5) is 18.8. The summed E-state index contributed by atoms with van der Waals surface area (Å²) in [5, 5.41) is 0.488. The standard InChI is InChI=1S/C14H8BrFN2O/c15-10-6-3-5-9(12(10)16)13-17-11-7-2-1-4-8(11)14(19)18-13/h1-7H,(H,17,18,19). The number of halogens is 2. The van der Waals surface area contributed by atoms with Gasteiger partial charge in [-0.05, 0) is 40.2 Å². The van der Waals surface area contributed by atoms with E-state index >= 15 is 0 Å². The zero-order valence-electron chi connectivity index (χ0n) is 9.65. The summed E-state index contributed by atoms with van der Waals surface area (Å²) in [6.07, 6.45) is 0. The molecule has 0 atom stereocenters. The number of para-hydroxylation sites is 1. The third-order valence-corrected chi connectivity index (χ3v) is 3.43. The molecule has 94 valence electrons. The monoisotopic (exact) mass is 318 g/mol. The van der Waals surface area contributed by atoms with Crippen LogP contribution in [-0.2, 0) is 0 Å². The topological polar surface area (TPSA) is 45.8 Å². The predicted molar refractivity (Wildman–Crippen MR) is 75.5 cm³/mol. The van der Waals surface area contributed by atoms with E-state index < -0.39 is 5.82 Å². The molecule has 0 saturated heterocycles. The van der Waals surface area contributed by atoms with Crippen LogP contribution in [0.3, 0.4) is 0 Å². The van der Waals surface area contributed by atoms with Crippen LogP contribution in [0.15, 0.2) is 51.7 Å². The maximum atomic E-state index is 14.0. The second-order valence-electron chi connectivity index (χ2n) is 4.03. The van der Waals surface area contributed by atoms with Gasteiger partial charge in [-0.25, -0.2) is 9.37 Å². The molecule has 0 aliphatic rings. The Bertz CT molecular complexity index is 829. The van der Waals surface area contributed by atoms with E-state index in [1.165, 1.54) is 0 Å². The van der Waals surface area contributed by atoms with Crippen LogP contribution in [-0.4, -0.2) is 9.97 Å². The van der Waals surface area contributed by atoms with E-state index in [1.807, 2.05) is 0 Å². The smallest absolute Gasteiger partial charge is 0.259 e. The SMILES string of the molecule is O=c1[nH]c(-c2cccc(Br)c2F)nc2ccccc12. The van der Waals surface area contributed by atoms with Gasteiger partial charge in [0.1, 0.15) is 11.6 Å². The van der Waals surface area contributed by atoms with Crippen molar-refractivity contribution in [1.29, 1.82) is 0 Å². The first-order valence-electron chi connectivity index (χ1n) is 5.60. The summed E-state index contributed by atoms with van der Waals surface area (Å²) in [5.41, 5.74) is 0.526. The molecule has 0 bridgehead atoms. The lowest BCUT2D eigenvalue weighted by molar-refractivity contribution is 0.623. The molecule has 0 aliphatic heterocycles. The van der Waals surface area contributed by atoms with Crippen molar-refractivity contribution >= 4 is 26.8 Å². The molecule has 19 heavy (non-hydrogen) atoms. The Morgan fingerprint density at radius 1 is 1.11 bits per heavy atom. The Morgan fingerprint density at radius 2 is 1.89 bits per heavy atom. The lowest BCUT2D eigenvalue weighted by atomic mass is 10.2. The van der Waals surface area contributed by atoms with Gasteiger partial charge < -0.3 is 4.98 Å². The molecule has 0 spiro atoms. The van der Waals surface area contributed by atoms with E-state index in [0.29, 0.717) is 15.4 Å². The lowest BCUT2D eigenvalue weighted by Crippen LogP contribution is -2.09. The minimum absolute atomic E-state index is 0.225. The molecule has 1 aromatic heterocycles. The number of nitrogens with one attached hydrogen (secondary N) is 1. The van der Waals surface area contributed by atoms with Crippen LogP contribution in [0.5, 0.6) is 0 Å². The van der Waals surface area contributed by atoms with Gasteiger partial charge in [0.25, 0.3) is 5.56 Å². The molecule has 0 aliphatic carbocycles. The van der Waals surface area contributed by atoms with Crippen LogP contribution in [0.25, 0.3) is 22.3 Å². The molecule has 0 saturated carbocycles. The number of hydrogen-bond donors (Lipinski definition) is 1. The maximum absolute atomic E-state index is 14.0. The van der Waals surface area contributed by atoms with E-state index in [-0.39, 0.29) is 16.9 Å². The minimum Gasteiger partial charge on any atom is -0.306 e. The number of H-pyrrole nitrogens is 1. The Kier molecular flexibility index (Phi) is 2.91. The molecule has 3 rings (SSSR count). The quantitative estimate of drug-likeness (QED) is 0.746. The van der Waals surface area contributed by atoms with Crippen molar-refractivity contribution in [2.24, 2.45) is 0 Å². The summed E-state index contributed by atoms with van der Waals surface area (Å²) in [6, 6.07) is 11.8. The molecule has 3 nitrogen and oxygen atoms in total. The highest BCUT2D eigenvalue weighted by atomic mass is 79.9. The highest BCUT2D eigenvalue weighted by Gasteiger charge is 2.11. The Hall–Kier alpha value is -2.01. The van der Waals surface area contributed by atoms with Gasteiger partial charge in [-0.15, -0.1) is 0 Å². The summed E-state index contributed by atoms with van der Waals surface area (Å²) in [5.74, 6) is -0.219. The van der Waals surface area contributed by atoms with Gasteiger partial charge >= 0.3 is 0 Å². The fourth-order valence-electron chi connectivity index (χ4n) is 1.90. The largest absolute Gasteiger partial charge is 0.306 e. The van der Waals surface area contributed by atoms with Gasteiger partial charge in [-0.2, -0.15) is 0 Å². The van der Waals surface area contributed by atoms with E-state index in [2.05, 4.69) is 25.9 Å². The number of aromatic amines is 1. The number of hydrogen-bond acceptors (Lipinski definition) is 2. The average molecular weight is 319 g/mol. The van der Waals surface area contributed by atoms with Crippen LogP contribution < -0.4 is 5.56 Å². The fourth-order valence-corrected chi connectivity index (χ4v) is 2.27. The van der Waals surface area contributed by atoms with Crippen LogP contribution >= 0.6 is 15.9 Å². The molecule has 1 N–H and O–H groups in total. The summed E-state index contributed by atoms with van der Waals surface area (Å²) < 4.78 is 14.3. The molecule has 2 aromatic carbocycles. The van der Waals surface area contributed by atoms with Gasteiger partial charge in [0, 0.05) is 0 Å².